The van der Waals surface area contributed by atoms with Crippen molar-refractivity contribution in [2.75, 3.05) is 26.0 Å². The molecule has 5 nitrogen and oxygen atoms in total. The minimum atomic E-state index is -0.329. The Morgan fingerprint density at radius 1 is 1.59 bits per heavy atom. The Labute approximate surface area is 106 Å². The summed E-state index contributed by atoms with van der Waals surface area (Å²) in [5, 5.41) is 6.97. The van der Waals surface area contributed by atoms with Gasteiger partial charge in [-0.15, -0.1) is 0 Å². The molecule has 0 radical (unpaired) electrons. The van der Waals surface area contributed by atoms with Gasteiger partial charge in [0.25, 0.3) is 0 Å². The van der Waals surface area contributed by atoms with Crippen LogP contribution in [0.15, 0.2) is 4.99 Å². The molecule has 6 heteroatoms. The monoisotopic (exact) mass is 257 g/mol. The molecule has 96 valence electrons. The van der Waals surface area contributed by atoms with Crippen molar-refractivity contribution in [3.05, 3.63) is 0 Å². The number of rotatable bonds is 2. The molecular formula is C11H19N3O2S. The van der Waals surface area contributed by atoms with Gasteiger partial charge < -0.3 is 15.4 Å². The van der Waals surface area contributed by atoms with Crippen LogP contribution < -0.4 is 10.6 Å². The van der Waals surface area contributed by atoms with E-state index < -0.39 is 0 Å². The third-order valence-electron chi connectivity index (χ3n) is 3.24. The van der Waals surface area contributed by atoms with E-state index in [1.807, 2.05) is 6.92 Å². The fraction of sp³-hybridized carbons (Fsp3) is 0.818. The molecule has 0 aliphatic carbocycles. The zero-order valence-electron chi connectivity index (χ0n) is 10.3. The molecule has 2 heterocycles. The van der Waals surface area contributed by atoms with E-state index in [9.17, 15) is 4.79 Å². The predicted octanol–water partition coefficient (Wildman–Crippen LogP) is 0.362. The van der Waals surface area contributed by atoms with E-state index in [1.54, 1.807) is 18.8 Å². The van der Waals surface area contributed by atoms with Gasteiger partial charge in [-0.05, 0) is 19.8 Å². The lowest BCUT2D eigenvalue weighted by Crippen LogP contribution is -2.48. The maximum Gasteiger partial charge on any atom is 0.244 e. The minimum absolute atomic E-state index is 0.0483. The van der Waals surface area contributed by atoms with Crippen molar-refractivity contribution in [2.45, 2.75) is 31.3 Å². The second-order valence-corrected chi connectivity index (χ2v) is 5.49. The predicted molar refractivity (Wildman–Crippen MR) is 69.3 cm³/mol. The molecule has 2 rings (SSSR count). The minimum Gasteiger partial charge on any atom is -0.381 e. The molecule has 1 atom stereocenters. The van der Waals surface area contributed by atoms with Crippen molar-refractivity contribution in [1.29, 1.82) is 0 Å². The van der Waals surface area contributed by atoms with Crippen LogP contribution in [0.4, 0.5) is 0 Å². The number of hydrogen-bond donors (Lipinski definition) is 2. The van der Waals surface area contributed by atoms with Gasteiger partial charge in [0.1, 0.15) is 6.04 Å². The van der Waals surface area contributed by atoms with Gasteiger partial charge in [0.2, 0.25) is 5.91 Å². The van der Waals surface area contributed by atoms with Gasteiger partial charge in [0.05, 0.1) is 5.54 Å². The Kier molecular flexibility index (Phi) is 3.93. The van der Waals surface area contributed by atoms with Gasteiger partial charge in [-0.3, -0.25) is 4.79 Å². The van der Waals surface area contributed by atoms with Crippen LogP contribution in [0, 0.1) is 0 Å². The fourth-order valence-electron chi connectivity index (χ4n) is 2.05. The van der Waals surface area contributed by atoms with E-state index in [4.69, 9.17) is 4.74 Å². The van der Waals surface area contributed by atoms with Crippen LogP contribution in [0.2, 0.25) is 0 Å². The van der Waals surface area contributed by atoms with Crippen molar-refractivity contribution >= 4 is 22.8 Å². The standard InChI is InChI=1S/C11H19N3O2S/c1-8(9(15)12-2)13-10-14-11(7-17-10)3-5-16-6-4-11/h8H,3-7H2,1-2H3,(H,12,15)(H,13,14). The van der Waals surface area contributed by atoms with Gasteiger partial charge in [-0.25, -0.2) is 4.99 Å². The molecule has 0 saturated carbocycles. The lowest BCUT2D eigenvalue weighted by Gasteiger charge is -2.32. The number of hydrogen-bond acceptors (Lipinski definition) is 4. The molecule has 2 fully saturated rings. The number of carbonyl (C=O) groups excluding carboxylic acids is 1. The lowest BCUT2D eigenvalue weighted by atomic mass is 9.93. The number of thioether (sulfide) groups is 1. The Hall–Kier alpha value is -0.750. The maximum absolute atomic E-state index is 11.4. The number of aliphatic imine (C=N–C) groups is 1. The molecule has 2 saturated heterocycles. The molecule has 0 aromatic rings. The molecule has 0 aromatic heterocycles. The second-order valence-electron chi connectivity index (χ2n) is 4.53. The highest BCUT2D eigenvalue weighted by Crippen LogP contribution is 2.31. The Bertz CT molecular complexity index is 327. The first-order valence-electron chi connectivity index (χ1n) is 5.93. The van der Waals surface area contributed by atoms with Gasteiger partial charge in [0.15, 0.2) is 5.17 Å². The molecule has 1 unspecified atom stereocenters. The number of likely N-dealkylation sites (N-methyl/N-ethyl adjacent to an activating group) is 1. The van der Waals surface area contributed by atoms with Crippen molar-refractivity contribution in [1.82, 2.24) is 10.6 Å². The average molecular weight is 257 g/mol. The highest BCUT2D eigenvalue weighted by atomic mass is 32.2. The van der Waals surface area contributed by atoms with E-state index in [0.29, 0.717) is 0 Å². The maximum atomic E-state index is 11.4. The third-order valence-corrected chi connectivity index (χ3v) is 4.42. The summed E-state index contributed by atoms with van der Waals surface area (Å²) in [7, 11) is 1.63. The Balaban J connectivity index is 1.96. The van der Waals surface area contributed by atoms with E-state index in [1.165, 1.54) is 0 Å². The van der Waals surface area contributed by atoms with E-state index in [0.717, 1.165) is 37.0 Å². The number of amides is 1. The summed E-state index contributed by atoms with van der Waals surface area (Å²) in [6.45, 7) is 3.43. The highest BCUT2D eigenvalue weighted by Gasteiger charge is 2.38. The van der Waals surface area contributed by atoms with Crippen LogP contribution in [0.1, 0.15) is 19.8 Å². The molecule has 2 aliphatic heterocycles. The largest absolute Gasteiger partial charge is 0.381 e. The van der Waals surface area contributed by atoms with E-state index in [-0.39, 0.29) is 17.5 Å². The van der Waals surface area contributed by atoms with Crippen LogP contribution >= 0.6 is 11.8 Å². The van der Waals surface area contributed by atoms with Gasteiger partial charge in [0, 0.05) is 26.0 Å². The number of nitrogens with one attached hydrogen (secondary N) is 2. The van der Waals surface area contributed by atoms with Crippen LogP contribution in [0.25, 0.3) is 0 Å². The molecule has 2 aliphatic rings. The normalized spacial score (nSPS) is 26.8. The molecule has 1 amide bonds. The average Bonchev–Trinajstić information content (AvgIpc) is 2.72. The van der Waals surface area contributed by atoms with Gasteiger partial charge >= 0.3 is 0 Å². The first kappa shape index (κ1) is 12.7. The number of ether oxygens (including phenoxy) is 1. The van der Waals surface area contributed by atoms with Crippen molar-refractivity contribution in [3.8, 4) is 0 Å². The third kappa shape index (κ3) is 2.93. The Morgan fingerprint density at radius 2 is 2.29 bits per heavy atom. The van der Waals surface area contributed by atoms with Crippen LogP contribution in [-0.4, -0.2) is 48.7 Å². The number of nitrogens with zero attached hydrogens (tertiary/aromatic N) is 1. The number of amidine groups is 1. The summed E-state index contributed by atoms with van der Waals surface area (Å²) < 4.78 is 5.37. The van der Waals surface area contributed by atoms with Crippen LogP contribution in [0.3, 0.4) is 0 Å². The Morgan fingerprint density at radius 3 is 2.94 bits per heavy atom. The highest BCUT2D eigenvalue weighted by molar-refractivity contribution is 8.14. The molecule has 17 heavy (non-hydrogen) atoms. The fourth-order valence-corrected chi connectivity index (χ4v) is 3.35. The van der Waals surface area contributed by atoms with Gasteiger partial charge in [-0.1, -0.05) is 11.8 Å². The summed E-state index contributed by atoms with van der Waals surface area (Å²) in [6.07, 6.45) is 2.04. The van der Waals surface area contributed by atoms with Crippen molar-refractivity contribution in [3.63, 3.8) is 0 Å². The summed E-state index contributed by atoms with van der Waals surface area (Å²) in [5.74, 6) is 0.975. The molecule has 2 N–H and O–H groups in total. The SMILES string of the molecule is CNC(=O)C(C)N=C1NC2(CCOCC2)CS1. The summed E-state index contributed by atoms with van der Waals surface area (Å²) >= 11 is 1.71. The first-order valence-corrected chi connectivity index (χ1v) is 6.92. The van der Waals surface area contributed by atoms with Crippen molar-refractivity contribution in [2.24, 2.45) is 4.99 Å². The summed E-state index contributed by atoms with van der Waals surface area (Å²) in [6, 6.07) is -0.329. The van der Waals surface area contributed by atoms with Crippen LogP contribution in [-0.2, 0) is 9.53 Å². The van der Waals surface area contributed by atoms with Crippen LogP contribution in [0.5, 0.6) is 0 Å². The summed E-state index contributed by atoms with van der Waals surface area (Å²) in [4.78, 5) is 15.8. The molecular weight excluding hydrogens is 238 g/mol. The zero-order chi connectivity index (χ0) is 12.3. The number of carbonyl (C=O) groups is 1. The topological polar surface area (TPSA) is 62.7 Å². The lowest BCUT2D eigenvalue weighted by molar-refractivity contribution is -0.121. The first-order chi connectivity index (χ1) is 8.15. The quantitative estimate of drug-likeness (QED) is 0.750. The molecule has 0 aromatic carbocycles. The van der Waals surface area contributed by atoms with E-state index in [2.05, 4.69) is 15.6 Å². The smallest absolute Gasteiger partial charge is 0.244 e. The van der Waals surface area contributed by atoms with Gasteiger partial charge in [-0.2, -0.15) is 0 Å². The zero-order valence-corrected chi connectivity index (χ0v) is 11.1. The molecule has 0 bridgehead atoms. The molecule has 1 spiro atoms. The van der Waals surface area contributed by atoms with Crippen molar-refractivity contribution < 1.29 is 9.53 Å². The van der Waals surface area contributed by atoms with E-state index >= 15 is 0 Å². The second kappa shape index (κ2) is 5.27. The summed E-state index contributed by atoms with van der Waals surface area (Å²) in [5.41, 5.74) is 0.143.